The molecule has 5 nitrogen and oxygen atoms in total. The van der Waals surface area contributed by atoms with Crippen molar-refractivity contribution in [2.24, 2.45) is 5.92 Å². The van der Waals surface area contributed by atoms with Crippen molar-refractivity contribution in [1.29, 1.82) is 0 Å². The van der Waals surface area contributed by atoms with Gasteiger partial charge in [-0.3, -0.25) is 0 Å². The Morgan fingerprint density at radius 1 is 1.43 bits per heavy atom. The lowest BCUT2D eigenvalue weighted by Crippen LogP contribution is -2.50. The number of rotatable bonds is 6. The third kappa shape index (κ3) is 5.84. The summed E-state index contributed by atoms with van der Waals surface area (Å²) in [6.07, 6.45) is 0.978. The molecule has 1 aromatic rings. The van der Waals surface area contributed by atoms with Gasteiger partial charge in [-0.1, -0.05) is 30.3 Å². The third-order valence-corrected chi connectivity index (χ3v) is 4.10. The first-order valence-corrected chi connectivity index (χ1v) is 8.24. The van der Waals surface area contributed by atoms with Crippen LogP contribution in [0.15, 0.2) is 30.3 Å². The van der Waals surface area contributed by atoms with E-state index in [1.165, 1.54) is 0 Å². The van der Waals surface area contributed by atoms with Crippen LogP contribution in [0.3, 0.4) is 0 Å². The Kier molecular flexibility index (Phi) is 6.02. The Hall–Kier alpha value is -1.59. The molecule has 1 saturated heterocycles. The first-order chi connectivity index (χ1) is 10.8. The van der Waals surface area contributed by atoms with Crippen LogP contribution in [0.1, 0.15) is 32.8 Å². The fraction of sp³-hybridized carbons (Fsp3) is 0.611. The molecular formula is C18H28N2O3. The van der Waals surface area contributed by atoms with E-state index in [0.29, 0.717) is 19.1 Å². The average molecular weight is 320 g/mol. The quantitative estimate of drug-likeness (QED) is 0.846. The van der Waals surface area contributed by atoms with Crippen LogP contribution in [0.4, 0.5) is 4.79 Å². The van der Waals surface area contributed by atoms with E-state index in [4.69, 9.17) is 4.74 Å². The molecule has 0 aliphatic carbocycles. The van der Waals surface area contributed by atoms with Crippen molar-refractivity contribution in [3.63, 3.8) is 0 Å². The van der Waals surface area contributed by atoms with Crippen molar-refractivity contribution < 1.29 is 14.6 Å². The molecule has 1 aliphatic heterocycles. The Morgan fingerprint density at radius 3 is 2.70 bits per heavy atom. The molecule has 1 fully saturated rings. The molecule has 1 heterocycles. The van der Waals surface area contributed by atoms with Gasteiger partial charge in [-0.05, 0) is 32.8 Å². The van der Waals surface area contributed by atoms with Gasteiger partial charge < -0.3 is 20.1 Å². The summed E-state index contributed by atoms with van der Waals surface area (Å²) in [5, 5.41) is 13.2. The number of carbonyl (C=O) groups is 1. The summed E-state index contributed by atoms with van der Waals surface area (Å²) in [6, 6.07) is 9.74. The number of nitrogens with one attached hydrogen (secondary N) is 1. The molecule has 2 N–H and O–H groups in total. The molecule has 0 radical (unpaired) electrons. The average Bonchev–Trinajstić information content (AvgIpc) is 3.00. The van der Waals surface area contributed by atoms with Gasteiger partial charge in [0.05, 0.1) is 18.8 Å². The van der Waals surface area contributed by atoms with E-state index in [1.807, 2.05) is 37.3 Å². The van der Waals surface area contributed by atoms with Crippen LogP contribution < -0.4 is 5.32 Å². The minimum atomic E-state index is -0.939. The van der Waals surface area contributed by atoms with Gasteiger partial charge in [-0.15, -0.1) is 0 Å². The molecule has 23 heavy (non-hydrogen) atoms. The van der Waals surface area contributed by atoms with Gasteiger partial charge in [0, 0.05) is 25.1 Å². The Bertz CT molecular complexity index is 493. The smallest absolute Gasteiger partial charge is 0.318 e. The van der Waals surface area contributed by atoms with Crippen LogP contribution >= 0.6 is 0 Å². The zero-order chi connectivity index (χ0) is 16.9. The second-order valence-corrected chi connectivity index (χ2v) is 7.02. The van der Waals surface area contributed by atoms with E-state index in [2.05, 4.69) is 5.32 Å². The van der Waals surface area contributed by atoms with Crippen LogP contribution in [-0.4, -0.2) is 47.4 Å². The standard InChI is InChI=1S/C18H28N2O3/c1-14(16-9-10-23-12-16)19-17(21)20(13-18(2,3)22)11-15-7-5-4-6-8-15/h4-8,14,16,22H,9-13H2,1-3H3,(H,19,21)/t14-,16-/m0/s1. The Morgan fingerprint density at radius 2 is 2.13 bits per heavy atom. The number of hydrogen-bond acceptors (Lipinski definition) is 3. The monoisotopic (exact) mass is 320 g/mol. The number of amides is 2. The Balaban J connectivity index is 2.01. The van der Waals surface area contributed by atoms with Gasteiger partial charge in [0.15, 0.2) is 0 Å². The number of aliphatic hydroxyl groups is 1. The number of urea groups is 1. The first-order valence-electron chi connectivity index (χ1n) is 8.24. The molecule has 2 atom stereocenters. The van der Waals surface area contributed by atoms with E-state index in [1.54, 1.807) is 18.7 Å². The highest BCUT2D eigenvalue weighted by Crippen LogP contribution is 2.17. The molecule has 5 heteroatoms. The Labute approximate surface area is 138 Å². The summed E-state index contributed by atoms with van der Waals surface area (Å²) < 4.78 is 5.39. The number of benzene rings is 1. The SMILES string of the molecule is C[C@H](NC(=O)N(Cc1ccccc1)CC(C)(C)O)[C@H]1CCOC1. The van der Waals surface area contributed by atoms with Crippen LogP contribution in [0.2, 0.25) is 0 Å². The molecule has 2 rings (SSSR count). The maximum absolute atomic E-state index is 12.7. The number of nitrogens with zero attached hydrogens (tertiary/aromatic N) is 1. The van der Waals surface area contributed by atoms with Crippen molar-refractivity contribution in [3.8, 4) is 0 Å². The highest BCUT2D eigenvalue weighted by atomic mass is 16.5. The molecule has 0 aromatic heterocycles. The molecule has 128 valence electrons. The van der Waals surface area contributed by atoms with Gasteiger partial charge in [-0.2, -0.15) is 0 Å². The van der Waals surface area contributed by atoms with Crippen LogP contribution in [0.25, 0.3) is 0 Å². The lowest BCUT2D eigenvalue weighted by Gasteiger charge is -2.31. The maximum Gasteiger partial charge on any atom is 0.318 e. The summed E-state index contributed by atoms with van der Waals surface area (Å²) in [7, 11) is 0. The van der Waals surface area contributed by atoms with Gasteiger partial charge in [0.1, 0.15) is 0 Å². The zero-order valence-corrected chi connectivity index (χ0v) is 14.3. The molecule has 0 saturated carbocycles. The summed E-state index contributed by atoms with van der Waals surface area (Å²) in [6.45, 7) is 7.67. The van der Waals surface area contributed by atoms with Crippen molar-refractivity contribution in [2.75, 3.05) is 19.8 Å². The molecule has 1 aliphatic rings. The number of hydrogen-bond donors (Lipinski definition) is 2. The predicted octanol–water partition coefficient (Wildman–Crippen LogP) is 2.39. The van der Waals surface area contributed by atoms with Gasteiger partial charge in [0.2, 0.25) is 0 Å². The lowest BCUT2D eigenvalue weighted by molar-refractivity contribution is 0.0438. The van der Waals surface area contributed by atoms with Crippen LogP contribution in [0.5, 0.6) is 0 Å². The number of ether oxygens (including phenoxy) is 1. The van der Waals surface area contributed by atoms with Crippen LogP contribution in [0, 0.1) is 5.92 Å². The van der Waals surface area contributed by atoms with Crippen molar-refractivity contribution in [3.05, 3.63) is 35.9 Å². The van der Waals surface area contributed by atoms with Crippen molar-refractivity contribution in [1.82, 2.24) is 10.2 Å². The molecule has 0 bridgehead atoms. The minimum absolute atomic E-state index is 0.0603. The highest BCUT2D eigenvalue weighted by Gasteiger charge is 2.27. The summed E-state index contributed by atoms with van der Waals surface area (Å²) in [5.41, 5.74) is 0.106. The molecular weight excluding hydrogens is 292 g/mol. The fourth-order valence-corrected chi connectivity index (χ4v) is 2.82. The fourth-order valence-electron chi connectivity index (χ4n) is 2.82. The molecule has 1 aromatic carbocycles. The maximum atomic E-state index is 12.7. The second kappa shape index (κ2) is 7.79. The van der Waals surface area contributed by atoms with Crippen LogP contribution in [-0.2, 0) is 11.3 Å². The van der Waals surface area contributed by atoms with Crippen molar-refractivity contribution >= 4 is 6.03 Å². The minimum Gasteiger partial charge on any atom is -0.389 e. The molecule has 0 unspecified atom stereocenters. The largest absolute Gasteiger partial charge is 0.389 e. The van der Waals surface area contributed by atoms with Gasteiger partial charge >= 0.3 is 6.03 Å². The van der Waals surface area contributed by atoms with Gasteiger partial charge in [-0.25, -0.2) is 4.79 Å². The van der Waals surface area contributed by atoms with E-state index in [0.717, 1.165) is 18.6 Å². The lowest BCUT2D eigenvalue weighted by atomic mass is 10.0. The summed E-state index contributed by atoms with van der Waals surface area (Å²) >= 11 is 0. The third-order valence-electron chi connectivity index (χ3n) is 4.10. The topological polar surface area (TPSA) is 61.8 Å². The van der Waals surface area contributed by atoms with E-state index >= 15 is 0 Å². The summed E-state index contributed by atoms with van der Waals surface area (Å²) in [5.74, 6) is 0.361. The van der Waals surface area contributed by atoms with E-state index in [9.17, 15) is 9.90 Å². The molecule has 0 spiro atoms. The van der Waals surface area contributed by atoms with Gasteiger partial charge in [0.25, 0.3) is 0 Å². The number of carbonyl (C=O) groups excluding carboxylic acids is 1. The normalized spacial score (nSPS) is 19.4. The molecule has 2 amide bonds. The second-order valence-electron chi connectivity index (χ2n) is 7.02. The van der Waals surface area contributed by atoms with E-state index < -0.39 is 5.60 Å². The highest BCUT2D eigenvalue weighted by molar-refractivity contribution is 5.74. The van der Waals surface area contributed by atoms with E-state index in [-0.39, 0.29) is 18.6 Å². The predicted molar refractivity (Wildman–Crippen MR) is 90.1 cm³/mol. The first kappa shape index (κ1) is 17.8. The van der Waals surface area contributed by atoms with Crippen molar-refractivity contribution in [2.45, 2.75) is 45.4 Å². The summed E-state index contributed by atoms with van der Waals surface area (Å²) in [4.78, 5) is 14.3. The zero-order valence-electron chi connectivity index (χ0n) is 14.3.